The molecule has 4 nitrogen and oxygen atoms in total. The summed E-state index contributed by atoms with van der Waals surface area (Å²) in [6.45, 7) is 4.05. The molecule has 114 valence electrons. The quantitative estimate of drug-likeness (QED) is 0.758. The SMILES string of the molecule is CC1(C)C2OC2c2cc(C#N)ccc2N1C(=O)c1ccccc1. The van der Waals surface area contributed by atoms with E-state index in [1.165, 1.54) is 0 Å². The summed E-state index contributed by atoms with van der Waals surface area (Å²) < 4.78 is 5.83. The second kappa shape index (κ2) is 4.68. The highest BCUT2D eigenvalue weighted by molar-refractivity contribution is 6.08. The van der Waals surface area contributed by atoms with E-state index in [9.17, 15) is 4.79 Å². The number of carbonyl (C=O) groups is 1. The zero-order valence-electron chi connectivity index (χ0n) is 13.0. The van der Waals surface area contributed by atoms with Crippen LogP contribution in [0.5, 0.6) is 0 Å². The molecule has 0 N–H and O–H groups in total. The second-order valence-corrected chi connectivity index (χ2v) is 6.52. The molecule has 1 amide bonds. The lowest BCUT2D eigenvalue weighted by Gasteiger charge is -2.41. The second-order valence-electron chi connectivity index (χ2n) is 6.52. The smallest absolute Gasteiger partial charge is 0.258 e. The third-order valence-corrected chi connectivity index (χ3v) is 4.69. The van der Waals surface area contributed by atoms with E-state index in [2.05, 4.69) is 6.07 Å². The molecular formula is C19H16N2O2. The van der Waals surface area contributed by atoms with Gasteiger partial charge in [0.1, 0.15) is 12.2 Å². The van der Waals surface area contributed by atoms with Gasteiger partial charge in [-0.25, -0.2) is 0 Å². The molecule has 2 aliphatic heterocycles. The number of hydrogen-bond donors (Lipinski definition) is 0. The Hall–Kier alpha value is -2.64. The summed E-state index contributed by atoms with van der Waals surface area (Å²) in [6.07, 6.45) is -0.0512. The van der Waals surface area contributed by atoms with E-state index in [0.717, 1.165) is 11.3 Å². The highest BCUT2D eigenvalue weighted by Gasteiger charge is 2.59. The van der Waals surface area contributed by atoms with E-state index in [1.807, 2.05) is 61.2 Å². The topological polar surface area (TPSA) is 56.6 Å². The van der Waals surface area contributed by atoms with E-state index in [0.29, 0.717) is 11.1 Å². The number of anilines is 1. The Morgan fingerprint density at radius 3 is 2.65 bits per heavy atom. The third-order valence-electron chi connectivity index (χ3n) is 4.69. The van der Waals surface area contributed by atoms with Crippen molar-refractivity contribution in [2.45, 2.75) is 31.6 Å². The van der Waals surface area contributed by atoms with Crippen LogP contribution in [0.15, 0.2) is 48.5 Å². The maximum Gasteiger partial charge on any atom is 0.258 e. The predicted octanol–water partition coefficient (Wildman–Crippen LogP) is 3.44. The number of amides is 1. The summed E-state index contributed by atoms with van der Waals surface area (Å²) in [5.41, 5.74) is 2.57. The van der Waals surface area contributed by atoms with Crippen molar-refractivity contribution in [3.8, 4) is 6.07 Å². The van der Waals surface area contributed by atoms with Crippen molar-refractivity contribution in [2.75, 3.05) is 4.90 Å². The molecule has 2 aromatic carbocycles. The van der Waals surface area contributed by atoms with Gasteiger partial charge in [0.2, 0.25) is 0 Å². The van der Waals surface area contributed by atoms with Crippen LogP contribution in [0.2, 0.25) is 0 Å². The zero-order valence-corrected chi connectivity index (χ0v) is 13.0. The van der Waals surface area contributed by atoms with Crippen LogP contribution in [-0.2, 0) is 4.74 Å². The number of nitrogens with zero attached hydrogens (tertiary/aromatic N) is 2. The van der Waals surface area contributed by atoms with Crippen LogP contribution < -0.4 is 4.90 Å². The number of rotatable bonds is 1. The van der Waals surface area contributed by atoms with Crippen molar-refractivity contribution < 1.29 is 9.53 Å². The van der Waals surface area contributed by atoms with Gasteiger partial charge >= 0.3 is 0 Å². The molecule has 1 saturated heterocycles. The van der Waals surface area contributed by atoms with Crippen molar-refractivity contribution in [3.05, 3.63) is 65.2 Å². The molecule has 2 aromatic rings. The molecular weight excluding hydrogens is 288 g/mol. The first-order chi connectivity index (χ1) is 11.0. The number of nitriles is 1. The molecule has 23 heavy (non-hydrogen) atoms. The lowest BCUT2D eigenvalue weighted by atomic mass is 9.85. The third kappa shape index (κ3) is 1.97. The predicted molar refractivity (Wildman–Crippen MR) is 86.1 cm³/mol. The zero-order chi connectivity index (χ0) is 16.2. The van der Waals surface area contributed by atoms with Gasteiger partial charge in [0.25, 0.3) is 5.91 Å². The molecule has 4 heteroatoms. The Bertz CT molecular complexity index is 836. The van der Waals surface area contributed by atoms with E-state index in [4.69, 9.17) is 10.00 Å². The van der Waals surface area contributed by atoms with E-state index >= 15 is 0 Å². The van der Waals surface area contributed by atoms with Crippen molar-refractivity contribution in [1.82, 2.24) is 0 Å². The Morgan fingerprint density at radius 1 is 1.22 bits per heavy atom. The van der Waals surface area contributed by atoms with Crippen LogP contribution in [0.4, 0.5) is 5.69 Å². The van der Waals surface area contributed by atoms with Gasteiger partial charge in [0, 0.05) is 11.1 Å². The fraction of sp³-hybridized carbons (Fsp3) is 0.263. The fourth-order valence-corrected chi connectivity index (χ4v) is 3.46. The standard InChI is InChI=1S/C19H16N2O2/c1-19(2)17-16(23-17)14-10-12(11-20)8-9-15(14)21(19)18(22)13-6-4-3-5-7-13/h3-10,16-17H,1-2H3. The molecule has 0 spiro atoms. The summed E-state index contributed by atoms with van der Waals surface area (Å²) >= 11 is 0. The average Bonchev–Trinajstić information content (AvgIpc) is 3.37. The highest BCUT2D eigenvalue weighted by Crippen LogP contribution is 2.55. The van der Waals surface area contributed by atoms with Crippen molar-refractivity contribution in [3.63, 3.8) is 0 Å². The monoisotopic (exact) mass is 304 g/mol. The number of fused-ring (bicyclic) bond motifs is 3. The maximum atomic E-state index is 13.1. The molecule has 0 bridgehead atoms. The summed E-state index contributed by atoms with van der Waals surface area (Å²) in [5, 5.41) is 9.12. The van der Waals surface area contributed by atoms with Crippen LogP contribution in [0.1, 0.15) is 41.4 Å². The average molecular weight is 304 g/mol. The van der Waals surface area contributed by atoms with Gasteiger partial charge in [-0.2, -0.15) is 5.26 Å². The molecule has 2 atom stereocenters. The first-order valence-electron chi connectivity index (χ1n) is 7.63. The lowest BCUT2D eigenvalue weighted by Crippen LogP contribution is -2.54. The van der Waals surface area contributed by atoms with Gasteiger partial charge < -0.3 is 4.74 Å². The normalized spacial score (nSPS) is 23.4. The molecule has 0 saturated carbocycles. The molecule has 4 rings (SSSR count). The van der Waals surface area contributed by atoms with Crippen LogP contribution in [0.3, 0.4) is 0 Å². The van der Waals surface area contributed by atoms with Crippen LogP contribution in [-0.4, -0.2) is 17.6 Å². The maximum absolute atomic E-state index is 13.1. The Balaban J connectivity index is 1.86. The van der Waals surface area contributed by atoms with Gasteiger partial charge in [-0.05, 0) is 44.2 Å². The summed E-state index contributed by atoms with van der Waals surface area (Å²) in [6, 6.07) is 16.9. The van der Waals surface area contributed by atoms with Gasteiger partial charge in [-0.3, -0.25) is 9.69 Å². The Morgan fingerprint density at radius 2 is 1.96 bits per heavy atom. The number of ether oxygens (including phenoxy) is 1. The Kier molecular flexibility index (Phi) is 2.84. The minimum Gasteiger partial charge on any atom is -0.362 e. The van der Waals surface area contributed by atoms with Crippen molar-refractivity contribution in [1.29, 1.82) is 5.26 Å². The molecule has 1 fully saturated rings. The van der Waals surface area contributed by atoms with Crippen LogP contribution in [0, 0.1) is 11.3 Å². The number of benzene rings is 2. The fourth-order valence-electron chi connectivity index (χ4n) is 3.46. The largest absolute Gasteiger partial charge is 0.362 e. The summed E-state index contributed by atoms with van der Waals surface area (Å²) in [4.78, 5) is 14.9. The molecule has 0 radical (unpaired) electrons. The molecule has 0 aromatic heterocycles. The first-order valence-corrected chi connectivity index (χ1v) is 7.63. The number of hydrogen-bond acceptors (Lipinski definition) is 3. The molecule has 2 unspecified atom stereocenters. The number of carbonyl (C=O) groups excluding carboxylic acids is 1. The van der Waals surface area contributed by atoms with Crippen molar-refractivity contribution in [2.24, 2.45) is 0 Å². The first kappa shape index (κ1) is 14.0. The summed E-state index contributed by atoms with van der Waals surface area (Å²) in [7, 11) is 0. The van der Waals surface area contributed by atoms with E-state index in [1.54, 1.807) is 6.07 Å². The van der Waals surface area contributed by atoms with Crippen molar-refractivity contribution >= 4 is 11.6 Å². The van der Waals surface area contributed by atoms with E-state index < -0.39 is 5.54 Å². The minimum absolute atomic E-state index is 0.0203. The lowest BCUT2D eigenvalue weighted by molar-refractivity contribution is 0.0952. The number of epoxide rings is 1. The molecule has 2 aliphatic rings. The summed E-state index contributed by atoms with van der Waals surface area (Å²) in [5.74, 6) is -0.0458. The van der Waals surface area contributed by atoms with E-state index in [-0.39, 0.29) is 18.1 Å². The highest BCUT2D eigenvalue weighted by atomic mass is 16.6. The molecule has 0 aliphatic carbocycles. The van der Waals surface area contributed by atoms with Crippen LogP contribution >= 0.6 is 0 Å². The van der Waals surface area contributed by atoms with Gasteiger partial charge in [0.15, 0.2) is 0 Å². The van der Waals surface area contributed by atoms with Gasteiger partial charge in [-0.15, -0.1) is 0 Å². The minimum atomic E-state index is -0.432. The Labute approximate surface area is 134 Å². The van der Waals surface area contributed by atoms with Gasteiger partial charge in [0.05, 0.1) is 22.9 Å². The molecule has 2 heterocycles. The van der Waals surface area contributed by atoms with Crippen LogP contribution in [0.25, 0.3) is 0 Å². The van der Waals surface area contributed by atoms with Gasteiger partial charge in [-0.1, -0.05) is 18.2 Å².